The van der Waals surface area contributed by atoms with E-state index in [0.29, 0.717) is 22.2 Å². The smallest absolute Gasteiger partial charge is 0.234 e. The van der Waals surface area contributed by atoms with Gasteiger partial charge in [-0.1, -0.05) is 11.8 Å². The van der Waals surface area contributed by atoms with Crippen LogP contribution in [-0.4, -0.2) is 67.3 Å². The van der Waals surface area contributed by atoms with E-state index in [4.69, 9.17) is 19.5 Å². The van der Waals surface area contributed by atoms with E-state index in [1.807, 2.05) is 0 Å². The lowest BCUT2D eigenvalue weighted by Crippen LogP contribution is -2.39. The number of hydrogen-bond acceptors (Lipinski definition) is 7. The minimum Gasteiger partial charge on any atom is -0.493 e. The average molecular weight is 471 g/mol. The van der Waals surface area contributed by atoms with Crippen LogP contribution in [0.3, 0.4) is 0 Å². The number of carbonyl (C=O) groups is 1. The molecule has 1 amide bonds. The Kier molecular flexibility index (Phi) is 6.99. The maximum Gasteiger partial charge on any atom is 0.234 e. The van der Waals surface area contributed by atoms with Crippen molar-refractivity contribution in [1.29, 1.82) is 0 Å². The fourth-order valence-electron chi connectivity index (χ4n) is 3.86. The zero-order valence-corrected chi connectivity index (χ0v) is 19.7. The maximum absolute atomic E-state index is 13.5. The molecule has 1 fully saturated rings. The zero-order chi connectivity index (χ0) is 23.4. The first-order valence-electron chi connectivity index (χ1n) is 10.7. The van der Waals surface area contributed by atoms with Crippen LogP contribution in [0.2, 0.25) is 0 Å². The molecule has 7 nitrogen and oxygen atoms in total. The molecule has 9 heteroatoms. The lowest BCUT2D eigenvalue weighted by molar-refractivity contribution is -0.113. The summed E-state index contributed by atoms with van der Waals surface area (Å²) < 4.78 is 24.0. The van der Waals surface area contributed by atoms with E-state index in [0.717, 1.165) is 37.2 Å². The highest BCUT2D eigenvalue weighted by atomic mass is 32.2. The van der Waals surface area contributed by atoms with E-state index in [9.17, 15) is 9.18 Å². The first-order valence-corrected chi connectivity index (χ1v) is 11.7. The Morgan fingerprint density at radius 3 is 2.45 bits per heavy atom. The first-order chi connectivity index (χ1) is 15.9. The van der Waals surface area contributed by atoms with E-state index in [1.165, 1.54) is 23.9 Å². The van der Waals surface area contributed by atoms with Gasteiger partial charge in [0.15, 0.2) is 17.2 Å². The van der Waals surface area contributed by atoms with Crippen molar-refractivity contribution in [2.45, 2.75) is 18.5 Å². The van der Waals surface area contributed by atoms with Gasteiger partial charge in [-0.3, -0.25) is 9.79 Å². The average Bonchev–Trinajstić information content (AvgIpc) is 3.18. The van der Waals surface area contributed by atoms with Crippen LogP contribution in [0.4, 0.5) is 10.1 Å². The molecule has 0 atom stereocenters. The molecule has 4 rings (SSSR count). The second-order valence-corrected chi connectivity index (χ2v) is 9.04. The fourth-order valence-corrected chi connectivity index (χ4v) is 4.74. The minimum absolute atomic E-state index is 0.169. The Labute approximate surface area is 197 Å². The van der Waals surface area contributed by atoms with Crippen molar-refractivity contribution < 1.29 is 18.7 Å². The van der Waals surface area contributed by atoms with Gasteiger partial charge in [0.25, 0.3) is 0 Å². The summed E-state index contributed by atoms with van der Waals surface area (Å²) in [5, 5.41) is 3.60. The second kappa shape index (κ2) is 9.93. The molecule has 0 bridgehead atoms. The number of thioether (sulfide) groups is 1. The number of amides is 1. The molecule has 0 unspecified atom stereocenters. The second-order valence-electron chi connectivity index (χ2n) is 8.08. The Morgan fingerprint density at radius 2 is 1.79 bits per heavy atom. The number of nitrogens with zero attached hydrogens (tertiary/aromatic N) is 3. The van der Waals surface area contributed by atoms with Crippen molar-refractivity contribution in [3.8, 4) is 11.5 Å². The summed E-state index contributed by atoms with van der Waals surface area (Å²) in [5.74, 6) is 0.833. The third kappa shape index (κ3) is 5.36. The van der Waals surface area contributed by atoms with Crippen LogP contribution in [0.5, 0.6) is 11.5 Å². The number of hydrogen-bond donors (Lipinski definition) is 1. The van der Waals surface area contributed by atoms with Crippen molar-refractivity contribution in [2.24, 2.45) is 9.98 Å². The van der Waals surface area contributed by atoms with Crippen molar-refractivity contribution in [3.63, 3.8) is 0 Å². The quantitative estimate of drug-likeness (QED) is 0.694. The van der Waals surface area contributed by atoms with Gasteiger partial charge in [0.2, 0.25) is 5.91 Å². The van der Waals surface area contributed by atoms with Crippen molar-refractivity contribution in [2.75, 3.05) is 45.4 Å². The highest BCUT2D eigenvalue weighted by molar-refractivity contribution is 8.16. The zero-order valence-electron chi connectivity index (χ0n) is 18.9. The molecule has 174 valence electrons. The Balaban J connectivity index is 1.48. The van der Waals surface area contributed by atoms with Gasteiger partial charge in [-0.05, 0) is 43.4 Å². The highest BCUT2D eigenvalue weighted by Crippen LogP contribution is 2.35. The fraction of sp³-hybridized carbons (Fsp3) is 0.375. The van der Waals surface area contributed by atoms with Gasteiger partial charge in [-0.15, -0.1) is 0 Å². The van der Waals surface area contributed by atoms with Crippen LogP contribution in [0, 0.1) is 5.82 Å². The molecular weight excluding hydrogens is 443 g/mol. The van der Waals surface area contributed by atoms with E-state index >= 15 is 0 Å². The van der Waals surface area contributed by atoms with Gasteiger partial charge in [0, 0.05) is 43.2 Å². The molecule has 2 aromatic rings. The molecule has 33 heavy (non-hydrogen) atoms. The topological polar surface area (TPSA) is 75.5 Å². The van der Waals surface area contributed by atoms with Gasteiger partial charge >= 0.3 is 0 Å². The molecule has 2 aromatic carbocycles. The lowest BCUT2D eigenvalue weighted by Gasteiger charge is -2.33. The van der Waals surface area contributed by atoms with E-state index < -0.39 is 5.66 Å². The number of carbonyl (C=O) groups excluding carboxylic acids is 1. The first kappa shape index (κ1) is 23.3. The van der Waals surface area contributed by atoms with Crippen molar-refractivity contribution in [3.05, 3.63) is 53.8 Å². The van der Waals surface area contributed by atoms with Crippen LogP contribution < -0.4 is 14.8 Å². The number of benzene rings is 2. The highest BCUT2D eigenvalue weighted by Gasteiger charge is 2.39. The molecule has 0 aliphatic carbocycles. The number of nitrogens with one attached hydrogen (secondary N) is 1. The SMILES string of the molecule is COc1ccc(NC(=O)CSC2=NC3(CCN(C)CC3)N=C2c2ccc(F)cc2)cc1OC. The number of aliphatic imine (C=N–C) groups is 2. The molecule has 0 radical (unpaired) electrons. The number of likely N-dealkylation sites (tertiary alicyclic amines) is 1. The van der Waals surface area contributed by atoms with Crippen LogP contribution in [-0.2, 0) is 4.79 Å². The number of piperidine rings is 1. The predicted octanol–water partition coefficient (Wildman–Crippen LogP) is 3.84. The van der Waals surface area contributed by atoms with Crippen LogP contribution in [0.1, 0.15) is 18.4 Å². The number of rotatable bonds is 6. The molecule has 2 heterocycles. The lowest BCUT2D eigenvalue weighted by atomic mass is 9.99. The van der Waals surface area contributed by atoms with Gasteiger partial charge < -0.3 is 19.7 Å². The number of ether oxygens (including phenoxy) is 2. The molecule has 1 spiro atoms. The van der Waals surface area contributed by atoms with Crippen molar-refractivity contribution in [1.82, 2.24) is 4.90 Å². The van der Waals surface area contributed by atoms with Gasteiger partial charge in [0.1, 0.15) is 10.9 Å². The van der Waals surface area contributed by atoms with E-state index in [2.05, 4.69) is 17.3 Å². The van der Waals surface area contributed by atoms with Crippen LogP contribution in [0.15, 0.2) is 52.4 Å². The van der Waals surface area contributed by atoms with Gasteiger partial charge in [0.05, 0.1) is 25.7 Å². The van der Waals surface area contributed by atoms with E-state index in [1.54, 1.807) is 44.6 Å². The number of anilines is 1. The molecule has 0 saturated carbocycles. The molecule has 0 aromatic heterocycles. The summed E-state index contributed by atoms with van der Waals surface area (Å²) in [6.45, 7) is 1.81. The van der Waals surface area contributed by atoms with E-state index in [-0.39, 0.29) is 17.5 Å². The van der Waals surface area contributed by atoms with Crippen molar-refractivity contribution >= 4 is 34.1 Å². The summed E-state index contributed by atoms with van der Waals surface area (Å²) in [5.41, 5.74) is 1.64. The Hall–Kier alpha value is -2.91. The summed E-state index contributed by atoms with van der Waals surface area (Å²) in [6.07, 6.45) is 1.63. The molecule has 1 saturated heterocycles. The van der Waals surface area contributed by atoms with Crippen LogP contribution in [0.25, 0.3) is 0 Å². The maximum atomic E-state index is 13.5. The Morgan fingerprint density at radius 1 is 1.09 bits per heavy atom. The normalized spacial score (nSPS) is 17.5. The molecule has 2 aliphatic rings. The minimum atomic E-state index is -0.502. The largest absolute Gasteiger partial charge is 0.493 e. The third-order valence-corrected chi connectivity index (χ3v) is 6.71. The molecule has 1 N–H and O–H groups in total. The third-order valence-electron chi connectivity index (χ3n) is 5.74. The Bertz CT molecular complexity index is 1080. The molecular formula is C24H27FN4O3S. The summed E-state index contributed by atoms with van der Waals surface area (Å²) >= 11 is 1.35. The molecule has 2 aliphatic heterocycles. The summed E-state index contributed by atoms with van der Waals surface area (Å²) in [7, 11) is 5.20. The van der Waals surface area contributed by atoms with Gasteiger partial charge in [-0.25, -0.2) is 9.38 Å². The standard InChI is InChI=1S/C24H27FN4O3S/c1-29-12-10-24(11-13-29)27-22(16-4-6-17(25)7-5-16)23(28-24)33-15-21(30)26-18-8-9-19(31-2)20(14-18)32-3/h4-9,14H,10-13,15H2,1-3H3,(H,26,30). The van der Waals surface area contributed by atoms with Crippen LogP contribution >= 0.6 is 11.8 Å². The summed E-state index contributed by atoms with van der Waals surface area (Å²) in [4.78, 5) is 24.9. The van der Waals surface area contributed by atoms with Gasteiger partial charge in [-0.2, -0.15) is 0 Å². The monoisotopic (exact) mass is 470 g/mol. The predicted molar refractivity (Wildman–Crippen MR) is 130 cm³/mol. The number of methoxy groups -OCH3 is 2. The summed E-state index contributed by atoms with van der Waals surface area (Å²) in [6, 6.07) is 11.5. The number of halogens is 1.